The summed E-state index contributed by atoms with van der Waals surface area (Å²) in [6, 6.07) is 9.60. The van der Waals surface area contributed by atoms with E-state index in [1.807, 2.05) is 51.1 Å². The van der Waals surface area contributed by atoms with Crippen LogP contribution in [0.2, 0.25) is 0 Å². The molecule has 0 bridgehead atoms. The predicted molar refractivity (Wildman–Crippen MR) is 106 cm³/mol. The number of ketones is 2. The number of carbonyl (C=O) groups is 3. The van der Waals surface area contributed by atoms with Gasteiger partial charge in [0.25, 0.3) is 0 Å². The van der Waals surface area contributed by atoms with E-state index in [-0.39, 0.29) is 30.2 Å². The Hall–Kier alpha value is -2.21. The molecular weight excluding hydrogens is 358 g/mol. The lowest BCUT2D eigenvalue weighted by molar-refractivity contribution is -0.138. The van der Waals surface area contributed by atoms with Crippen molar-refractivity contribution < 1.29 is 23.9 Å². The Morgan fingerprint density at radius 1 is 1.11 bits per heavy atom. The lowest BCUT2D eigenvalue weighted by Crippen LogP contribution is -2.44. The molecule has 6 heteroatoms. The van der Waals surface area contributed by atoms with Gasteiger partial charge in [-0.3, -0.25) is 9.59 Å². The molecule has 1 saturated heterocycles. The highest BCUT2D eigenvalue weighted by atomic mass is 16.6. The third kappa shape index (κ3) is 6.75. The Bertz CT molecular complexity index is 672. The summed E-state index contributed by atoms with van der Waals surface area (Å²) in [5.41, 5.74) is 0.452. The first-order valence-electron chi connectivity index (χ1n) is 9.83. The number of carbonyl (C=O) groups excluding carboxylic acids is 3. The molecule has 0 aromatic heterocycles. The van der Waals surface area contributed by atoms with Gasteiger partial charge in [0.05, 0.1) is 12.5 Å². The number of piperidine rings is 1. The fraction of sp³-hybridized carbons (Fsp3) is 0.591. The van der Waals surface area contributed by atoms with Crippen molar-refractivity contribution in [1.29, 1.82) is 0 Å². The van der Waals surface area contributed by atoms with E-state index in [1.165, 1.54) is 0 Å². The van der Waals surface area contributed by atoms with Crippen LogP contribution in [-0.4, -0.2) is 47.9 Å². The summed E-state index contributed by atoms with van der Waals surface area (Å²) in [6.07, 6.45) is 0.762. The number of likely N-dealkylation sites (tertiary alicyclic amines) is 1. The fourth-order valence-electron chi connectivity index (χ4n) is 3.15. The average Bonchev–Trinajstić information content (AvgIpc) is 2.66. The predicted octanol–water partition coefficient (Wildman–Crippen LogP) is 3.62. The minimum absolute atomic E-state index is 0.0582. The molecule has 2 rings (SSSR count). The summed E-state index contributed by atoms with van der Waals surface area (Å²) in [6.45, 7) is 8.35. The second-order valence-electron chi connectivity index (χ2n) is 8.31. The monoisotopic (exact) mass is 389 g/mol. The van der Waals surface area contributed by atoms with Crippen LogP contribution >= 0.6 is 0 Å². The molecule has 1 aromatic carbocycles. The smallest absolute Gasteiger partial charge is 0.410 e. The molecular formula is C22H31NO5. The van der Waals surface area contributed by atoms with E-state index >= 15 is 0 Å². The zero-order chi connectivity index (χ0) is 20.7. The highest BCUT2D eigenvalue weighted by molar-refractivity contribution is 6.03. The van der Waals surface area contributed by atoms with E-state index in [2.05, 4.69) is 0 Å². The summed E-state index contributed by atoms with van der Waals surface area (Å²) >= 11 is 0. The third-order valence-corrected chi connectivity index (χ3v) is 4.81. The number of nitrogens with zero attached hydrogens (tertiary/aromatic N) is 1. The average molecular weight is 389 g/mol. The second kappa shape index (κ2) is 9.82. The number of hydrogen-bond acceptors (Lipinski definition) is 5. The molecule has 0 unspecified atom stereocenters. The van der Waals surface area contributed by atoms with Gasteiger partial charge in [-0.15, -0.1) is 0 Å². The lowest BCUT2D eigenvalue weighted by atomic mass is 9.85. The Kier molecular flexibility index (Phi) is 7.75. The largest absolute Gasteiger partial charge is 0.444 e. The van der Waals surface area contributed by atoms with Gasteiger partial charge in [0.2, 0.25) is 0 Å². The SMILES string of the molecule is C[C@H](C(=O)COCc1ccccc1)C(=O)C1CCN(C(=O)OC(C)(C)C)CC1. The van der Waals surface area contributed by atoms with Crippen molar-refractivity contribution in [2.75, 3.05) is 19.7 Å². The Balaban J connectivity index is 1.75. The van der Waals surface area contributed by atoms with Gasteiger partial charge in [-0.2, -0.15) is 0 Å². The van der Waals surface area contributed by atoms with Crippen LogP contribution < -0.4 is 0 Å². The van der Waals surface area contributed by atoms with E-state index in [9.17, 15) is 14.4 Å². The van der Waals surface area contributed by atoms with Crippen molar-refractivity contribution in [3.05, 3.63) is 35.9 Å². The van der Waals surface area contributed by atoms with Gasteiger partial charge >= 0.3 is 6.09 Å². The van der Waals surface area contributed by atoms with Crippen molar-refractivity contribution in [2.45, 2.75) is 52.7 Å². The van der Waals surface area contributed by atoms with Gasteiger partial charge in [-0.25, -0.2) is 4.79 Å². The van der Waals surface area contributed by atoms with Crippen molar-refractivity contribution >= 4 is 17.7 Å². The minimum Gasteiger partial charge on any atom is -0.444 e. The fourth-order valence-corrected chi connectivity index (χ4v) is 3.15. The standard InChI is InChI=1S/C22H31NO5/c1-16(19(24)15-27-14-17-8-6-5-7-9-17)20(25)18-10-12-23(13-11-18)21(26)28-22(2,3)4/h5-9,16,18H,10-15H2,1-4H3/t16-/m1/s1. The van der Waals surface area contributed by atoms with E-state index in [4.69, 9.17) is 9.47 Å². The molecule has 0 aliphatic carbocycles. The Morgan fingerprint density at radius 3 is 2.29 bits per heavy atom. The van der Waals surface area contributed by atoms with Crippen LogP contribution in [0.3, 0.4) is 0 Å². The molecule has 1 aromatic rings. The first-order valence-corrected chi connectivity index (χ1v) is 9.83. The lowest BCUT2D eigenvalue weighted by Gasteiger charge is -2.33. The molecule has 0 N–H and O–H groups in total. The maximum Gasteiger partial charge on any atom is 0.410 e. The van der Waals surface area contributed by atoms with Crippen LogP contribution in [0.1, 0.15) is 46.1 Å². The number of amides is 1. The molecule has 28 heavy (non-hydrogen) atoms. The maximum absolute atomic E-state index is 12.7. The van der Waals surface area contributed by atoms with Crippen LogP contribution in [0, 0.1) is 11.8 Å². The zero-order valence-electron chi connectivity index (χ0n) is 17.3. The molecule has 154 valence electrons. The third-order valence-electron chi connectivity index (χ3n) is 4.81. The summed E-state index contributed by atoms with van der Waals surface area (Å²) in [4.78, 5) is 38.7. The topological polar surface area (TPSA) is 72.9 Å². The highest BCUT2D eigenvalue weighted by Crippen LogP contribution is 2.23. The van der Waals surface area contributed by atoms with Crippen LogP contribution in [-0.2, 0) is 25.7 Å². The molecule has 1 aliphatic rings. The highest BCUT2D eigenvalue weighted by Gasteiger charge is 2.33. The van der Waals surface area contributed by atoms with Crippen molar-refractivity contribution in [1.82, 2.24) is 4.90 Å². The van der Waals surface area contributed by atoms with Gasteiger partial charge in [0, 0.05) is 19.0 Å². The molecule has 0 radical (unpaired) electrons. The van der Waals surface area contributed by atoms with Crippen LogP contribution in [0.5, 0.6) is 0 Å². The Morgan fingerprint density at radius 2 is 1.71 bits per heavy atom. The summed E-state index contributed by atoms with van der Waals surface area (Å²) in [5.74, 6) is -1.15. The van der Waals surface area contributed by atoms with Crippen molar-refractivity contribution in [2.24, 2.45) is 11.8 Å². The van der Waals surface area contributed by atoms with Gasteiger partial charge in [0.15, 0.2) is 5.78 Å². The molecule has 1 amide bonds. The van der Waals surface area contributed by atoms with Crippen molar-refractivity contribution in [3.63, 3.8) is 0 Å². The van der Waals surface area contributed by atoms with E-state index < -0.39 is 11.5 Å². The van der Waals surface area contributed by atoms with Gasteiger partial charge in [0.1, 0.15) is 18.0 Å². The molecule has 1 atom stereocenters. The van der Waals surface area contributed by atoms with Gasteiger partial charge in [-0.05, 0) is 46.1 Å². The minimum atomic E-state index is -0.686. The number of rotatable bonds is 7. The number of hydrogen-bond donors (Lipinski definition) is 0. The van der Waals surface area contributed by atoms with E-state index in [0.29, 0.717) is 32.5 Å². The summed E-state index contributed by atoms with van der Waals surface area (Å²) in [5, 5.41) is 0. The quantitative estimate of drug-likeness (QED) is 0.666. The van der Waals surface area contributed by atoms with Gasteiger partial charge < -0.3 is 14.4 Å². The van der Waals surface area contributed by atoms with Crippen LogP contribution in [0.25, 0.3) is 0 Å². The molecule has 0 saturated carbocycles. The molecule has 1 heterocycles. The molecule has 6 nitrogen and oxygen atoms in total. The molecule has 1 fully saturated rings. The van der Waals surface area contributed by atoms with E-state index in [1.54, 1.807) is 11.8 Å². The second-order valence-corrected chi connectivity index (χ2v) is 8.31. The summed E-state index contributed by atoms with van der Waals surface area (Å²) < 4.78 is 10.8. The van der Waals surface area contributed by atoms with Crippen LogP contribution in [0.15, 0.2) is 30.3 Å². The first-order chi connectivity index (χ1) is 13.2. The summed E-state index contributed by atoms with van der Waals surface area (Å²) in [7, 11) is 0. The van der Waals surface area contributed by atoms with Crippen molar-refractivity contribution in [3.8, 4) is 0 Å². The number of benzene rings is 1. The first kappa shape index (κ1) is 22.1. The zero-order valence-corrected chi connectivity index (χ0v) is 17.3. The number of ether oxygens (including phenoxy) is 2. The Labute approximate surface area is 167 Å². The molecule has 0 spiro atoms. The van der Waals surface area contributed by atoms with E-state index in [0.717, 1.165) is 5.56 Å². The van der Waals surface area contributed by atoms with Gasteiger partial charge in [-0.1, -0.05) is 30.3 Å². The normalized spacial score (nSPS) is 16.5. The van der Waals surface area contributed by atoms with Crippen LogP contribution in [0.4, 0.5) is 4.79 Å². The molecule has 1 aliphatic heterocycles. The maximum atomic E-state index is 12.7. The number of Topliss-reactive ketones (excluding diaryl/α,β-unsaturated/α-hetero) is 2.